The first-order chi connectivity index (χ1) is 16.0. The number of benzene rings is 1. The number of aromatic nitrogens is 3. The molecule has 0 amide bonds. The number of piperidine rings is 1. The van der Waals surface area contributed by atoms with Crippen LogP contribution in [0.5, 0.6) is 5.75 Å². The molecule has 1 aromatic carbocycles. The number of nitrogens with zero attached hydrogens (tertiary/aromatic N) is 4. The van der Waals surface area contributed by atoms with Crippen molar-refractivity contribution in [2.75, 3.05) is 18.0 Å². The number of nitriles is 1. The van der Waals surface area contributed by atoms with Crippen molar-refractivity contribution < 1.29 is 9.13 Å². The molecule has 1 saturated heterocycles. The summed E-state index contributed by atoms with van der Waals surface area (Å²) in [7, 11) is 0. The minimum absolute atomic E-state index is 0.100. The fourth-order valence-corrected chi connectivity index (χ4v) is 4.09. The number of anilines is 1. The minimum atomic E-state index is -0.710. The Balaban J connectivity index is 1.51. The summed E-state index contributed by atoms with van der Waals surface area (Å²) in [4.78, 5) is 26.2. The van der Waals surface area contributed by atoms with E-state index in [-0.39, 0.29) is 28.0 Å². The van der Waals surface area contributed by atoms with Crippen molar-refractivity contribution in [3.63, 3.8) is 0 Å². The number of nitrogens with one attached hydrogen (secondary N) is 1. The Morgan fingerprint density at radius 2 is 2.03 bits per heavy atom. The average Bonchev–Trinajstić information content (AvgIpc) is 2.83. The molecule has 3 aromatic rings. The number of ether oxygens (including phenoxy) is 1. The number of pyridine rings is 1. The third-order valence-corrected chi connectivity index (χ3v) is 5.90. The first kappa shape index (κ1) is 22.7. The Labute approximate surface area is 195 Å². The van der Waals surface area contributed by atoms with Crippen molar-refractivity contribution in [1.82, 2.24) is 15.0 Å². The highest BCUT2D eigenvalue weighted by molar-refractivity contribution is 6.32. The van der Waals surface area contributed by atoms with E-state index < -0.39 is 11.4 Å². The summed E-state index contributed by atoms with van der Waals surface area (Å²) < 4.78 is 20.4. The van der Waals surface area contributed by atoms with Gasteiger partial charge in [0.1, 0.15) is 18.0 Å². The maximum atomic E-state index is 14.2. The lowest BCUT2D eigenvalue weighted by atomic mass is 10.0. The van der Waals surface area contributed by atoms with Crippen molar-refractivity contribution >= 4 is 17.5 Å². The zero-order valence-corrected chi connectivity index (χ0v) is 18.9. The maximum absolute atomic E-state index is 14.2. The van der Waals surface area contributed by atoms with Gasteiger partial charge in [-0.3, -0.25) is 4.79 Å². The van der Waals surface area contributed by atoms with Crippen LogP contribution in [0.4, 0.5) is 10.3 Å². The van der Waals surface area contributed by atoms with Crippen LogP contribution in [0.2, 0.25) is 5.02 Å². The fourth-order valence-electron chi connectivity index (χ4n) is 3.90. The Hall–Kier alpha value is -3.44. The molecule has 9 heteroatoms. The number of halogens is 2. The van der Waals surface area contributed by atoms with Gasteiger partial charge in [-0.2, -0.15) is 5.26 Å². The summed E-state index contributed by atoms with van der Waals surface area (Å²) in [5, 5.41) is 9.20. The molecule has 7 nitrogen and oxygen atoms in total. The van der Waals surface area contributed by atoms with Gasteiger partial charge in [0, 0.05) is 44.5 Å². The van der Waals surface area contributed by atoms with Crippen LogP contribution in [0.3, 0.4) is 0 Å². The van der Waals surface area contributed by atoms with Crippen LogP contribution in [0, 0.1) is 17.1 Å². The molecule has 170 valence electrons. The minimum Gasteiger partial charge on any atom is -0.488 e. The van der Waals surface area contributed by atoms with Crippen molar-refractivity contribution in [3.05, 3.63) is 69.1 Å². The molecule has 0 spiro atoms. The van der Waals surface area contributed by atoms with Gasteiger partial charge in [-0.05, 0) is 29.7 Å². The van der Waals surface area contributed by atoms with Gasteiger partial charge in [0.25, 0.3) is 5.56 Å². The summed E-state index contributed by atoms with van der Waals surface area (Å²) >= 11 is 6.36. The van der Waals surface area contributed by atoms with E-state index in [1.807, 2.05) is 12.4 Å². The third kappa shape index (κ3) is 4.99. The van der Waals surface area contributed by atoms with Gasteiger partial charge in [0.2, 0.25) is 5.95 Å². The number of aryl methyl sites for hydroxylation is 1. The van der Waals surface area contributed by atoms with Gasteiger partial charge < -0.3 is 14.6 Å². The average molecular weight is 468 g/mol. The second-order valence-electron chi connectivity index (χ2n) is 7.92. The first-order valence-corrected chi connectivity index (χ1v) is 11.2. The van der Waals surface area contributed by atoms with E-state index in [4.69, 9.17) is 21.6 Å². The third-order valence-electron chi connectivity index (χ3n) is 5.62. The van der Waals surface area contributed by atoms with Crippen molar-refractivity contribution in [3.8, 4) is 22.9 Å². The van der Waals surface area contributed by atoms with E-state index in [0.29, 0.717) is 37.4 Å². The SMILES string of the molecule is CCCc1cnc(N2CCC(Oc3c(Cl)c[nH]c(=O)c3-c3ccc(C#N)c(F)c3)CC2)nc1. The highest BCUT2D eigenvalue weighted by atomic mass is 35.5. The number of H-pyrrole nitrogens is 1. The van der Waals surface area contributed by atoms with Crippen LogP contribution < -0.4 is 15.2 Å². The molecule has 1 N–H and O–H groups in total. The summed E-state index contributed by atoms with van der Waals surface area (Å²) in [6.07, 6.45) is 8.30. The summed E-state index contributed by atoms with van der Waals surface area (Å²) in [6.45, 7) is 3.51. The summed E-state index contributed by atoms with van der Waals surface area (Å²) in [6, 6.07) is 5.77. The molecule has 2 aromatic heterocycles. The van der Waals surface area contributed by atoms with Crippen LogP contribution >= 0.6 is 11.6 Å². The molecule has 0 radical (unpaired) electrons. The smallest absolute Gasteiger partial charge is 0.259 e. The van der Waals surface area contributed by atoms with Gasteiger partial charge in [0.05, 0.1) is 16.1 Å². The predicted octanol–water partition coefficient (Wildman–Crippen LogP) is 4.50. The molecule has 0 unspecified atom stereocenters. The summed E-state index contributed by atoms with van der Waals surface area (Å²) in [5.41, 5.74) is 1.01. The molecule has 0 saturated carbocycles. The molecular weight excluding hydrogens is 445 g/mol. The molecule has 1 aliphatic heterocycles. The van der Waals surface area contributed by atoms with Crippen LogP contribution in [0.15, 0.2) is 41.6 Å². The van der Waals surface area contributed by atoms with E-state index in [9.17, 15) is 9.18 Å². The lowest BCUT2D eigenvalue weighted by molar-refractivity contribution is 0.171. The maximum Gasteiger partial charge on any atom is 0.259 e. The normalized spacial score (nSPS) is 14.2. The van der Waals surface area contributed by atoms with Crippen molar-refractivity contribution in [1.29, 1.82) is 5.26 Å². The number of rotatable bonds is 6. The van der Waals surface area contributed by atoms with Gasteiger partial charge in [-0.25, -0.2) is 14.4 Å². The fraction of sp³-hybridized carbons (Fsp3) is 0.333. The quantitative estimate of drug-likeness (QED) is 0.573. The number of aromatic amines is 1. The van der Waals surface area contributed by atoms with Gasteiger partial charge in [-0.1, -0.05) is 31.0 Å². The standard InChI is InChI=1S/C24H23ClFN5O2/c1-2-3-15-12-29-24(30-13-15)31-8-6-18(7-9-31)33-22-19(25)14-28-23(32)21(22)16-4-5-17(11-27)20(26)10-16/h4-5,10,12-14,18H,2-3,6-9H2,1H3,(H,28,32). The highest BCUT2D eigenvalue weighted by Crippen LogP contribution is 2.35. The van der Waals surface area contributed by atoms with Crippen molar-refractivity contribution in [2.24, 2.45) is 0 Å². The molecule has 1 fully saturated rings. The number of hydrogen-bond acceptors (Lipinski definition) is 6. The molecule has 3 heterocycles. The zero-order chi connectivity index (χ0) is 23.4. The van der Waals surface area contributed by atoms with Gasteiger partial charge in [-0.15, -0.1) is 0 Å². The van der Waals surface area contributed by atoms with E-state index in [2.05, 4.69) is 26.8 Å². The Bertz CT molecular complexity index is 1230. The summed E-state index contributed by atoms with van der Waals surface area (Å²) in [5.74, 6) is 0.193. The van der Waals surface area contributed by atoms with Gasteiger partial charge >= 0.3 is 0 Å². The van der Waals surface area contributed by atoms with Crippen LogP contribution in [-0.2, 0) is 6.42 Å². The first-order valence-electron chi connectivity index (χ1n) is 10.8. The number of hydrogen-bond donors (Lipinski definition) is 1. The second-order valence-corrected chi connectivity index (χ2v) is 8.33. The molecule has 0 bridgehead atoms. The lowest BCUT2D eigenvalue weighted by Crippen LogP contribution is -2.39. The molecular formula is C24H23ClFN5O2. The molecule has 0 aliphatic carbocycles. The Morgan fingerprint density at radius 3 is 2.67 bits per heavy atom. The molecule has 1 aliphatic rings. The highest BCUT2D eigenvalue weighted by Gasteiger charge is 2.25. The Morgan fingerprint density at radius 1 is 1.30 bits per heavy atom. The van der Waals surface area contributed by atoms with E-state index in [1.165, 1.54) is 18.3 Å². The van der Waals surface area contributed by atoms with E-state index in [1.54, 1.807) is 6.07 Å². The molecule has 0 atom stereocenters. The zero-order valence-electron chi connectivity index (χ0n) is 18.1. The monoisotopic (exact) mass is 467 g/mol. The largest absolute Gasteiger partial charge is 0.488 e. The van der Waals surface area contributed by atoms with E-state index in [0.717, 1.165) is 24.5 Å². The van der Waals surface area contributed by atoms with Crippen LogP contribution in [-0.4, -0.2) is 34.1 Å². The topological polar surface area (TPSA) is 94.9 Å². The van der Waals surface area contributed by atoms with Crippen LogP contribution in [0.1, 0.15) is 37.3 Å². The second kappa shape index (κ2) is 10.0. The van der Waals surface area contributed by atoms with Crippen molar-refractivity contribution in [2.45, 2.75) is 38.7 Å². The van der Waals surface area contributed by atoms with E-state index >= 15 is 0 Å². The molecule has 4 rings (SSSR count). The van der Waals surface area contributed by atoms with Gasteiger partial charge in [0.15, 0.2) is 5.75 Å². The predicted molar refractivity (Wildman–Crippen MR) is 124 cm³/mol. The molecule has 33 heavy (non-hydrogen) atoms. The van der Waals surface area contributed by atoms with Crippen LogP contribution in [0.25, 0.3) is 11.1 Å². The Kier molecular flexibility index (Phi) is 6.90. The lowest BCUT2D eigenvalue weighted by Gasteiger charge is -2.32.